The van der Waals surface area contributed by atoms with Gasteiger partial charge in [0.15, 0.2) is 6.17 Å². The summed E-state index contributed by atoms with van der Waals surface area (Å²) in [6, 6.07) is 0. The van der Waals surface area contributed by atoms with E-state index >= 15 is 0 Å². The standard InChI is InChI=1S/C7H11F9OSi2/c1-3(8)4(9,10)5(11,12)6(13,14)7(15,16)19(2)17-18/h3,19H,1-2,18H3. The molecule has 0 rings (SSSR count). The van der Waals surface area contributed by atoms with Gasteiger partial charge < -0.3 is 4.12 Å². The summed E-state index contributed by atoms with van der Waals surface area (Å²) in [7, 11) is -4.62. The Labute approximate surface area is 107 Å². The van der Waals surface area contributed by atoms with Crippen molar-refractivity contribution in [1.29, 1.82) is 0 Å². The second-order valence-electron chi connectivity index (χ2n) is 3.89. The zero-order chi connectivity index (χ0) is 15.9. The highest BCUT2D eigenvalue weighted by Crippen LogP contribution is 2.54. The fourth-order valence-electron chi connectivity index (χ4n) is 1.07. The third kappa shape index (κ3) is 2.66. The van der Waals surface area contributed by atoms with Crippen molar-refractivity contribution in [3.63, 3.8) is 0 Å². The van der Waals surface area contributed by atoms with E-state index in [1.54, 1.807) is 0 Å². The molecule has 0 aromatic carbocycles. The van der Waals surface area contributed by atoms with Gasteiger partial charge in [-0.1, -0.05) is 0 Å². The summed E-state index contributed by atoms with van der Waals surface area (Å²) >= 11 is 0. The first-order valence-electron chi connectivity index (χ1n) is 4.86. The van der Waals surface area contributed by atoms with E-state index in [0.29, 0.717) is 6.55 Å². The molecule has 12 heteroatoms. The fourth-order valence-corrected chi connectivity index (χ4v) is 2.95. The van der Waals surface area contributed by atoms with Gasteiger partial charge in [-0.25, -0.2) is 13.2 Å². The summed E-state index contributed by atoms with van der Waals surface area (Å²) in [6.45, 7) is 0.347. The summed E-state index contributed by atoms with van der Waals surface area (Å²) in [4.78, 5) is 0. The number of rotatable bonds is 6. The Morgan fingerprint density at radius 1 is 0.947 bits per heavy atom. The number of hydrogen-bond acceptors (Lipinski definition) is 1. The van der Waals surface area contributed by atoms with Crippen LogP contribution in [0.4, 0.5) is 39.5 Å². The molecule has 0 aliphatic rings. The van der Waals surface area contributed by atoms with Gasteiger partial charge in [-0.15, -0.1) is 0 Å². The SMILES string of the molecule is CC(F)C(F)(F)C(F)(F)C(F)(F)C(F)(F)[SiH](C)O[SiH3]. The Hall–Kier alpha value is -0.236. The Bertz CT molecular complexity index is 320. The first-order chi connectivity index (χ1) is 8.17. The molecule has 0 aromatic rings. The molecule has 2 unspecified atom stereocenters. The molecule has 0 saturated carbocycles. The average molecular weight is 338 g/mol. The largest absolute Gasteiger partial charge is 0.462 e. The van der Waals surface area contributed by atoms with Crippen molar-refractivity contribution < 1.29 is 43.6 Å². The van der Waals surface area contributed by atoms with Gasteiger partial charge >= 0.3 is 23.3 Å². The van der Waals surface area contributed by atoms with E-state index in [2.05, 4.69) is 4.12 Å². The van der Waals surface area contributed by atoms with Crippen LogP contribution in [0.5, 0.6) is 0 Å². The quantitative estimate of drug-likeness (QED) is 0.532. The monoisotopic (exact) mass is 338 g/mol. The summed E-state index contributed by atoms with van der Waals surface area (Å²) in [6.07, 6.45) is -3.72. The second-order valence-corrected chi connectivity index (χ2v) is 7.78. The maximum Gasteiger partial charge on any atom is 0.380 e. The lowest BCUT2D eigenvalue weighted by Gasteiger charge is -2.38. The summed E-state index contributed by atoms with van der Waals surface area (Å²) in [5, 5.41) is 0. The van der Waals surface area contributed by atoms with Gasteiger partial charge in [0.2, 0.25) is 9.04 Å². The van der Waals surface area contributed by atoms with Crippen LogP contribution < -0.4 is 0 Å². The van der Waals surface area contributed by atoms with E-state index < -0.39 is 49.0 Å². The van der Waals surface area contributed by atoms with Gasteiger partial charge in [0.05, 0.1) is 0 Å². The molecular weight excluding hydrogens is 327 g/mol. The zero-order valence-corrected chi connectivity index (χ0v) is 13.1. The lowest BCUT2D eigenvalue weighted by atomic mass is 10.0. The van der Waals surface area contributed by atoms with Gasteiger partial charge in [0.25, 0.3) is 0 Å². The molecule has 0 fully saturated rings. The molecule has 0 N–H and O–H groups in total. The molecule has 0 spiro atoms. The van der Waals surface area contributed by atoms with Crippen molar-refractivity contribution in [3.05, 3.63) is 0 Å². The summed E-state index contributed by atoms with van der Waals surface area (Å²) < 4.78 is 120. The average Bonchev–Trinajstić information content (AvgIpc) is 2.26. The van der Waals surface area contributed by atoms with Crippen LogP contribution in [0.15, 0.2) is 0 Å². The molecule has 2 atom stereocenters. The van der Waals surface area contributed by atoms with Crippen LogP contribution >= 0.6 is 0 Å². The maximum atomic E-state index is 13.2. The van der Waals surface area contributed by atoms with Gasteiger partial charge in [0, 0.05) is 0 Å². The molecule has 0 aliphatic carbocycles. The predicted molar refractivity (Wildman–Crippen MR) is 54.4 cm³/mol. The Kier molecular flexibility index (Phi) is 5.21. The van der Waals surface area contributed by atoms with Crippen LogP contribution in [-0.2, 0) is 4.12 Å². The molecular formula is C7H11F9OSi2. The van der Waals surface area contributed by atoms with Crippen LogP contribution in [0.1, 0.15) is 6.92 Å². The molecule has 0 radical (unpaired) electrons. The van der Waals surface area contributed by atoms with Crippen molar-refractivity contribution >= 4 is 19.5 Å². The zero-order valence-electron chi connectivity index (χ0n) is 9.96. The minimum Gasteiger partial charge on any atom is -0.462 e. The smallest absolute Gasteiger partial charge is 0.380 e. The highest BCUT2D eigenvalue weighted by atomic mass is 28.3. The van der Waals surface area contributed by atoms with E-state index in [-0.39, 0.29) is 6.92 Å². The summed E-state index contributed by atoms with van der Waals surface area (Å²) in [5.41, 5.74) is -5.45. The maximum absolute atomic E-state index is 13.2. The summed E-state index contributed by atoms with van der Waals surface area (Å²) in [5.74, 6) is -18.9. The van der Waals surface area contributed by atoms with Crippen molar-refractivity contribution in [3.8, 4) is 0 Å². The minimum atomic E-state index is -6.54. The van der Waals surface area contributed by atoms with Crippen molar-refractivity contribution in [2.24, 2.45) is 0 Å². The Balaban J connectivity index is 5.76. The highest BCUT2D eigenvalue weighted by molar-refractivity contribution is 6.57. The van der Waals surface area contributed by atoms with Crippen LogP contribution in [-0.4, -0.2) is 49.0 Å². The van der Waals surface area contributed by atoms with Crippen LogP contribution in [0.2, 0.25) is 6.55 Å². The topological polar surface area (TPSA) is 9.23 Å². The number of alkyl halides is 9. The van der Waals surface area contributed by atoms with Crippen molar-refractivity contribution in [2.45, 2.75) is 43.0 Å². The Morgan fingerprint density at radius 2 is 1.32 bits per heavy atom. The van der Waals surface area contributed by atoms with E-state index in [4.69, 9.17) is 0 Å². The van der Waals surface area contributed by atoms with Crippen LogP contribution in [0, 0.1) is 0 Å². The second kappa shape index (κ2) is 5.27. The number of halogens is 9. The molecule has 1 nitrogen and oxygen atoms in total. The molecule has 116 valence electrons. The lowest BCUT2D eigenvalue weighted by Crippen LogP contribution is -2.68. The lowest BCUT2D eigenvalue weighted by molar-refractivity contribution is -0.360. The van der Waals surface area contributed by atoms with Crippen LogP contribution in [0.3, 0.4) is 0 Å². The molecule has 0 amide bonds. The fraction of sp³-hybridized carbons (Fsp3) is 1.00. The first-order valence-corrected chi connectivity index (χ1v) is 7.88. The highest BCUT2D eigenvalue weighted by Gasteiger charge is 2.82. The van der Waals surface area contributed by atoms with E-state index in [1.807, 2.05) is 0 Å². The normalized spacial score (nSPS) is 18.5. The molecule has 0 bridgehead atoms. The van der Waals surface area contributed by atoms with E-state index in [1.165, 1.54) is 0 Å². The van der Waals surface area contributed by atoms with Crippen molar-refractivity contribution in [2.75, 3.05) is 0 Å². The molecule has 0 heterocycles. The molecule has 0 aliphatic heterocycles. The third-order valence-corrected chi connectivity index (χ3v) is 6.81. The van der Waals surface area contributed by atoms with Crippen LogP contribution in [0.25, 0.3) is 0 Å². The minimum absolute atomic E-state index is 0.119. The van der Waals surface area contributed by atoms with Gasteiger partial charge in [0.1, 0.15) is 10.5 Å². The predicted octanol–water partition coefficient (Wildman–Crippen LogP) is 2.08. The molecule has 19 heavy (non-hydrogen) atoms. The first kappa shape index (κ1) is 18.8. The van der Waals surface area contributed by atoms with Gasteiger partial charge in [-0.05, 0) is 13.5 Å². The third-order valence-electron chi connectivity index (χ3n) is 2.60. The van der Waals surface area contributed by atoms with Gasteiger partial charge in [-0.3, -0.25) is 0 Å². The molecule has 0 aromatic heterocycles. The van der Waals surface area contributed by atoms with E-state index in [9.17, 15) is 39.5 Å². The Morgan fingerprint density at radius 3 is 1.58 bits per heavy atom. The number of hydrogen-bond donors (Lipinski definition) is 0. The van der Waals surface area contributed by atoms with Crippen molar-refractivity contribution in [1.82, 2.24) is 0 Å². The van der Waals surface area contributed by atoms with Gasteiger partial charge in [-0.2, -0.15) is 26.3 Å². The molecule has 0 saturated heterocycles. The van der Waals surface area contributed by atoms with E-state index in [0.717, 1.165) is 0 Å².